The fraction of sp³-hybridized carbons (Fsp3) is 0.333. The van der Waals surface area contributed by atoms with Crippen LogP contribution in [-0.4, -0.2) is 15.3 Å². The molecule has 0 N–H and O–H groups in total. The largest absolute Gasteiger partial charge is 0.332 e. The molecule has 0 radical (unpaired) electrons. The van der Waals surface area contributed by atoms with E-state index in [-0.39, 0.29) is 16.6 Å². The van der Waals surface area contributed by atoms with Crippen molar-refractivity contribution in [1.82, 2.24) is 9.55 Å². The molecule has 0 atom stereocenters. The molecular weight excluding hydrogens is 224 g/mol. The summed E-state index contributed by atoms with van der Waals surface area (Å²) in [5.41, 5.74) is 1.32. The molecule has 2 aliphatic rings. The fourth-order valence-corrected chi connectivity index (χ4v) is 3.30. The minimum absolute atomic E-state index is 0.131. The van der Waals surface area contributed by atoms with Crippen molar-refractivity contribution in [3.05, 3.63) is 54.1 Å². The summed E-state index contributed by atoms with van der Waals surface area (Å²) < 4.78 is 1.82. The van der Waals surface area contributed by atoms with Crippen molar-refractivity contribution in [3.63, 3.8) is 0 Å². The molecule has 1 aromatic heterocycles. The van der Waals surface area contributed by atoms with Gasteiger partial charge in [-0.15, -0.1) is 0 Å². The molecule has 3 heteroatoms. The summed E-state index contributed by atoms with van der Waals surface area (Å²) in [6.45, 7) is 0. The average molecular weight is 238 g/mol. The molecule has 0 bridgehead atoms. The van der Waals surface area contributed by atoms with Crippen molar-refractivity contribution < 1.29 is 4.79 Å². The highest BCUT2D eigenvalue weighted by Crippen LogP contribution is 2.86. The maximum atomic E-state index is 12.5. The fourth-order valence-electron chi connectivity index (χ4n) is 3.30. The van der Waals surface area contributed by atoms with Crippen LogP contribution in [0.3, 0.4) is 0 Å². The summed E-state index contributed by atoms with van der Waals surface area (Å²) in [5, 5.41) is 0. The second-order valence-corrected chi connectivity index (χ2v) is 5.57. The summed E-state index contributed by atoms with van der Waals surface area (Å²) in [4.78, 5) is 16.7. The van der Waals surface area contributed by atoms with Gasteiger partial charge in [0.1, 0.15) is 0 Å². The van der Waals surface area contributed by atoms with Gasteiger partial charge in [-0.25, -0.2) is 4.98 Å². The molecule has 90 valence electrons. The van der Waals surface area contributed by atoms with E-state index in [1.165, 1.54) is 5.56 Å². The van der Waals surface area contributed by atoms with Crippen molar-refractivity contribution in [2.45, 2.75) is 18.3 Å². The first-order valence-corrected chi connectivity index (χ1v) is 6.27. The van der Waals surface area contributed by atoms with Gasteiger partial charge in [-0.05, 0) is 18.4 Å². The Bertz CT molecular complexity index is 636. The van der Waals surface area contributed by atoms with Gasteiger partial charge in [0.2, 0.25) is 5.78 Å². The van der Waals surface area contributed by atoms with Crippen LogP contribution in [0.2, 0.25) is 0 Å². The number of benzene rings is 1. The highest BCUT2D eigenvalue weighted by molar-refractivity contribution is 6.05. The van der Waals surface area contributed by atoms with E-state index < -0.39 is 0 Å². The standard InChI is InChI=1S/C15H14N2O/c1-17-8-7-16-13(17)12(18)15-9-14(15,10-15)11-5-3-2-4-6-11/h2-8H,9-10H2,1H3. The van der Waals surface area contributed by atoms with Gasteiger partial charge < -0.3 is 4.57 Å². The predicted octanol–water partition coefficient (Wildman–Crippen LogP) is 2.33. The normalized spacial score (nSPS) is 31.8. The van der Waals surface area contributed by atoms with E-state index in [2.05, 4.69) is 29.2 Å². The zero-order valence-corrected chi connectivity index (χ0v) is 10.3. The van der Waals surface area contributed by atoms with Crippen LogP contribution in [0.4, 0.5) is 0 Å². The number of rotatable bonds is 3. The Labute approximate surface area is 105 Å². The minimum atomic E-state index is -0.131. The maximum Gasteiger partial charge on any atom is 0.205 e. The van der Waals surface area contributed by atoms with E-state index in [1.54, 1.807) is 6.20 Å². The molecular formula is C15H14N2O. The van der Waals surface area contributed by atoms with Crippen molar-refractivity contribution in [2.24, 2.45) is 12.5 Å². The van der Waals surface area contributed by atoms with E-state index in [1.807, 2.05) is 23.9 Å². The summed E-state index contributed by atoms with van der Waals surface area (Å²) in [6, 6.07) is 10.4. The van der Waals surface area contributed by atoms with Crippen LogP contribution < -0.4 is 0 Å². The second-order valence-electron chi connectivity index (χ2n) is 5.57. The molecule has 3 nitrogen and oxygen atoms in total. The first-order valence-electron chi connectivity index (χ1n) is 6.27. The molecule has 1 aromatic carbocycles. The highest BCUT2D eigenvalue weighted by Gasteiger charge is 2.87. The van der Waals surface area contributed by atoms with Gasteiger partial charge in [0.15, 0.2) is 5.82 Å². The Balaban J connectivity index is 1.68. The van der Waals surface area contributed by atoms with Gasteiger partial charge in [0.05, 0.1) is 0 Å². The maximum absolute atomic E-state index is 12.5. The molecule has 2 aromatic rings. The van der Waals surface area contributed by atoms with Gasteiger partial charge >= 0.3 is 0 Å². The molecule has 4 rings (SSSR count). The molecule has 0 spiro atoms. The quantitative estimate of drug-likeness (QED) is 0.769. The van der Waals surface area contributed by atoms with Crippen molar-refractivity contribution in [2.75, 3.05) is 0 Å². The zero-order valence-electron chi connectivity index (χ0n) is 10.3. The number of Topliss-reactive ketones (excluding diaryl/α,β-unsaturated/α-hetero) is 1. The number of aromatic nitrogens is 2. The highest BCUT2D eigenvalue weighted by atomic mass is 16.1. The molecule has 2 aliphatic carbocycles. The zero-order chi connectivity index (χ0) is 12.4. The third-order valence-corrected chi connectivity index (χ3v) is 4.66. The molecule has 1 heterocycles. The summed E-state index contributed by atoms with van der Waals surface area (Å²) in [5.74, 6) is 0.823. The molecule has 2 fully saturated rings. The number of nitrogens with zero attached hydrogens (tertiary/aromatic N) is 2. The number of fused-ring (bicyclic) bond motifs is 1. The number of aryl methyl sites for hydroxylation is 1. The van der Waals surface area contributed by atoms with Gasteiger partial charge in [0.25, 0.3) is 0 Å². The van der Waals surface area contributed by atoms with Crippen LogP contribution >= 0.6 is 0 Å². The van der Waals surface area contributed by atoms with E-state index in [9.17, 15) is 4.79 Å². The number of carbonyl (C=O) groups excluding carboxylic acids is 1. The Morgan fingerprint density at radius 3 is 2.61 bits per heavy atom. The van der Waals surface area contributed by atoms with E-state index >= 15 is 0 Å². The summed E-state index contributed by atoms with van der Waals surface area (Å²) in [6.07, 6.45) is 5.52. The molecule has 0 aliphatic heterocycles. The molecule has 0 saturated heterocycles. The lowest BCUT2D eigenvalue weighted by molar-refractivity contribution is 0.0922. The van der Waals surface area contributed by atoms with Gasteiger partial charge in [-0.3, -0.25) is 4.79 Å². The van der Waals surface area contributed by atoms with Crippen LogP contribution in [0.15, 0.2) is 42.7 Å². The van der Waals surface area contributed by atoms with Crippen LogP contribution in [0.1, 0.15) is 29.0 Å². The first-order chi connectivity index (χ1) is 8.70. The van der Waals surface area contributed by atoms with Crippen molar-refractivity contribution in [3.8, 4) is 0 Å². The molecule has 18 heavy (non-hydrogen) atoms. The lowest BCUT2D eigenvalue weighted by Gasteiger charge is -2.01. The Morgan fingerprint density at radius 1 is 1.28 bits per heavy atom. The van der Waals surface area contributed by atoms with E-state index in [0.717, 1.165) is 12.8 Å². The number of hydrogen-bond acceptors (Lipinski definition) is 2. The first kappa shape index (κ1) is 10.1. The Morgan fingerprint density at radius 2 is 2.00 bits per heavy atom. The predicted molar refractivity (Wildman–Crippen MR) is 67.3 cm³/mol. The third kappa shape index (κ3) is 1.00. The van der Waals surface area contributed by atoms with Gasteiger partial charge in [-0.2, -0.15) is 0 Å². The van der Waals surface area contributed by atoms with Crippen LogP contribution in [0.25, 0.3) is 0 Å². The van der Waals surface area contributed by atoms with Crippen molar-refractivity contribution in [1.29, 1.82) is 0 Å². The van der Waals surface area contributed by atoms with Crippen LogP contribution in [-0.2, 0) is 12.5 Å². The second kappa shape index (κ2) is 2.91. The van der Waals surface area contributed by atoms with E-state index in [0.29, 0.717) is 5.82 Å². The van der Waals surface area contributed by atoms with Crippen LogP contribution in [0.5, 0.6) is 0 Å². The topological polar surface area (TPSA) is 34.9 Å². The van der Waals surface area contributed by atoms with Gasteiger partial charge in [0, 0.05) is 30.3 Å². The SMILES string of the molecule is Cn1ccnc1C(=O)C12CC1(c1ccccc1)C2. The summed E-state index contributed by atoms with van der Waals surface area (Å²) >= 11 is 0. The number of ketones is 1. The number of hydrogen-bond donors (Lipinski definition) is 0. The average Bonchev–Trinajstić information content (AvgIpc) is 3.16. The number of imidazole rings is 1. The lowest BCUT2D eigenvalue weighted by atomic mass is 10.0. The van der Waals surface area contributed by atoms with Gasteiger partial charge in [-0.1, -0.05) is 30.3 Å². The Kier molecular flexibility index (Phi) is 1.63. The minimum Gasteiger partial charge on any atom is -0.332 e. The Hall–Kier alpha value is -1.90. The lowest BCUT2D eigenvalue weighted by Crippen LogP contribution is -2.13. The van der Waals surface area contributed by atoms with E-state index in [4.69, 9.17) is 0 Å². The third-order valence-electron chi connectivity index (χ3n) is 4.66. The molecule has 2 saturated carbocycles. The number of carbonyl (C=O) groups is 1. The summed E-state index contributed by atoms with van der Waals surface area (Å²) in [7, 11) is 1.88. The molecule has 0 amide bonds. The van der Waals surface area contributed by atoms with Crippen molar-refractivity contribution >= 4 is 5.78 Å². The monoisotopic (exact) mass is 238 g/mol. The van der Waals surface area contributed by atoms with Crippen LogP contribution in [0, 0.1) is 5.41 Å². The smallest absolute Gasteiger partial charge is 0.205 e. The molecule has 0 unspecified atom stereocenters.